The zero-order chi connectivity index (χ0) is 10.5. The Kier molecular flexibility index (Phi) is 2.16. The quantitative estimate of drug-likeness (QED) is 0.663. The van der Waals surface area contributed by atoms with Crippen molar-refractivity contribution in [1.29, 1.82) is 0 Å². The highest BCUT2D eigenvalue weighted by molar-refractivity contribution is 7.10. The minimum absolute atomic E-state index is 0.385. The number of rotatable bonds is 0. The van der Waals surface area contributed by atoms with Crippen LogP contribution in [0, 0.1) is 0 Å². The third-order valence-electron chi connectivity index (χ3n) is 4.12. The molecule has 2 nitrogen and oxygen atoms in total. The first kappa shape index (κ1) is 9.82. The molecule has 3 rings (SSSR count). The van der Waals surface area contributed by atoms with Crippen molar-refractivity contribution >= 4 is 11.3 Å². The monoisotopic (exact) mass is 222 g/mol. The second-order valence-electron chi connectivity index (χ2n) is 4.97. The van der Waals surface area contributed by atoms with Gasteiger partial charge in [0, 0.05) is 11.4 Å². The van der Waals surface area contributed by atoms with Crippen molar-refractivity contribution in [3.05, 3.63) is 21.9 Å². The van der Waals surface area contributed by atoms with Gasteiger partial charge in [-0.2, -0.15) is 0 Å². The molecule has 3 heterocycles. The smallest absolute Gasteiger partial charge is 0.0581 e. The van der Waals surface area contributed by atoms with Crippen LogP contribution in [0.4, 0.5) is 0 Å². The number of nitrogens with zero attached hydrogens (tertiary/aromatic N) is 2. The maximum Gasteiger partial charge on any atom is 0.0581 e. The average Bonchev–Trinajstić information content (AvgIpc) is 2.75. The summed E-state index contributed by atoms with van der Waals surface area (Å²) in [5, 5.41) is 2.26. The lowest BCUT2D eigenvalue weighted by atomic mass is 9.86. The molecule has 2 aliphatic rings. The number of hydrogen-bond acceptors (Lipinski definition) is 3. The van der Waals surface area contributed by atoms with E-state index in [1.165, 1.54) is 25.9 Å². The van der Waals surface area contributed by atoms with Crippen molar-refractivity contribution in [1.82, 2.24) is 9.80 Å². The predicted molar refractivity (Wildman–Crippen MR) is 64.2 cm³/mol. The standard InChI is InChI=1S/C12H18N2S/c1-13-6-4-12(5-7-13)11-10(3-8-15-11)9-14(12)2/h3,8H,4-7,9H2,1-2H3. The number of likely N-dealkylation sites (tertiary alicyclic amines) is 1. The Morgan fingerprint density at radius 2 is 2.00 bits per heavy atom. The minimum atomic E-state index is 0.385. The van der Waals surface area contributed by atoms with Gasteiger partial charge >= 0.3 is 0 Å². The highest BCUT2D eigenvalue weighted by atomic mass is 32.1. The highest BCUT2D eigenvalue weighted by Crippen LogP contribution is 2.47. The molecular formula is C12H18N2S. The van der Waals surface area contributed by atoms with Gasteiger partial charge in [0.25, 0.3) is 0 Å². The largest absolute Gasteiger partial charge is 0.306 e. The van der Waals surface area contributed by atoms with Gasteiger partial charge in [0.1, 0.15) is 0 Å². The summed E-state index contributed by atoms with van der Waals surface area (Å²) in [4.78, 5) is 6.67. The third kappa shape index (κ3) is 1.30. The van der Waals surface area contributed by atoms with E-state index in [4.69, 9.17) is 0 Å². The second kappa shape index (κ2) is 3.30. The van der Waals surface area contributed by atoms with E-state index in [1.54, 1.807) is 10.4 Å². The van der Waals surface area contributed by atoms with Crippen molar-refractivity contribution < 1.29 is 0 Å². The molecule has 0 aromatic carbocycles. The molecule has 0 atom stereocenters. The Labute approximate surface area is 95.5 Å². The van der Waals surface area contributed by atoms with Gasteiger partial charge < -0.3 is 4.90 Å². The summed E-state index contributed by atoms with van der Waals surface area (Å²) in [5.74, 6) is 0. The van der Waals surface area contributed by atoms with E-state index in [2.05, 4.69) is 35.3 Å². The fourth-order valence-electron chi connectivity index (χ4n) is 3.05. The first-order valence-electron chi connectivity index (χ1n) is 5.69. The molecule has 0 saturated carbocycles. The van der Waals surface area contributed by atoms with Crippen LogP contribution in [-0.4, -0.2) is 37.0 Å². The molecule has 0 N–H and O–H groups in total. The number of fused-ring (bicyclic) bond motifs is 2. The van der Waals surface area contributed by atoms with Gasteiger partial charge in [-0.3, -0.25) is 4.90 Å². The maximum absolute atomic E-state index is 2.57. The van der Waals surface area contributed by atoms with Gasteiger partial charge in [-0.25, -0.2) is 0 Å². The third-order valence-corrected chi connectivity index (χ3v) is 5.27. The van der Waals surface area contributed by atoms with Gasteiger partial charge in [0.05, 0.1) is 5.54 Å². The lowest BCUT2D eigenvalue weighted by molar-refractivity contribution is 0.0598. The Hall–Kier alpha value is -0.380. The zero-order valence-corrected chi connectivity index (χ0v) is 10.3. The van der Waals surface area contributed by atoms with Crippen molar-refractivity contribution in [2.24, 2.45) is 0 Å². The number of hydrogen-bond donors (Lipinski definition) is 0. The molecule has 0 aliphatic carbocycles. The molecule has 0 amide bonds. The molecule has 1 spiro atoms. The molecule has 1 aromatic heterocycles. The van der Waals surface area contributed by atoms with Crippen LogP contribution < -0.4 is 0 Å². The summed E-state index contributed by atoms with van der Waals surface area (Å²) in [5.41, 5.74) is 1.96. The summed E-state index contributed by atoms with van der Waals surface area (Å²) < 4.78 is 0. The Morgan fingerprint density at radius 1 is 1.27 bits per heavy atom. The van der Waals surface area contributed by atoms with Crippen molar-refractivity contribution in [3.63, 3.8) is 0 Å². The summed E-state index contributed by atoms with van der Waals surface area (Å²) in [6.45, 7) is 3.63. The molecular weight excluding hydrogens is 204 g/mol. The first-order valence-corrected chi connectivity index (χ1v) is 6.57. The molecule has 3 heteroatoms. The van der Waals surface area contributed by atoms with Crippen LogP contribution in [-0.2, 0) is 12.1 Å². The fourth-order valence-corrected chi connectivity index (χ4v) is 4.28. The van der Waals surface area contributed by atoms with E-state index in [-0.39, 0.29) is 0 Å². The van der Waals surface area contributed by atoms with Crippen LogP contribution >= 0.6 is 11.3 Å². The van der Waals surface area contributed by atoms with E-state index in [1.807, 2.05) is 11.3 Å². The van der Waals surface area contributed by atoms with E-state index in [0.717, 1.165) is 6.54 Å². The Balaban J connectivity index is 1.97. The van der Waals surface area contributed by atoms with E-state index < -0.39 is 0 Å². The predicted octanol–water partition coefficient (Wildman–Crippen LogP) is 2.11. The zero-order valence-electron chi connectivity index (χ0n) is 9.49. The van der Waals surface area contributed by atoms with Gasteiger partial charge in [-0.1, -0.05) is 0 Å². The van der Waals surface area contributed by atoms with E-state index >= 15 is 0 Å². The van der Waals surface area contributed by atoms with Crippen LogP contribution in [0.1, 0.15) is 23.3 Å². The van der Waals surface area contributed by atoms with Crippen LogP contribution in [0.25, 0.3) is 0 Å². The number of thiophene rings is 1. The van der Waals surface area contributed by atoms with Crippen LogP contribution in [0.5, 0.6) is 0 Å². The van der Waals surface area contributed by atoms with Crippen molar-refractivity contribution in [2.75, 3.05) is 27.2 Å². The van der Waals surface area contributed by atoms with Crippen LogP contribution in [0.2, 0.25) is 0 Å². The summed E-state index contributed by atoms with van der Waals surface area (Å²) in [6, 6.07) is 2.31. The van der Waals surface area contributed by atoms with Crippen LogP contribution in [0.15, 0.2) is 11.4 Å². The topological polar surface area (TPSA) is 6.48 Å². The molecule has 82 valence electrons. The van der Waals surface area contributed by atoms with E-state index in [9.17, 15) is 0 Å². The molecule has 0 unspecified atom stereocenters. The number of piperidine rings is 1. The van der Waals surface area contributed by atoms with Crippen molar-refractivity contribution in [2.45, 2.75) is 24.9 Å². The SMILES string of the molecule is CN1CCC2(CC1)c1sccc1CN2C. The van der Waals surface area contributed by atoms with Crippen molar-refractivity contribution in [3.8, 4) is 0 Å². The summed E-state index contributed by atoms with van der Waals surface area (Å²) in [7, 11) is 4.52. The lowest BCUT2D eigenvalue weighted by Gasteiger charge is -2.42. The van der Waals surface area contributed by atoms with E-state index in [0.29, 0.717) is 5.54 Å². The Morgan fingerprint density at radius 3 is 2.73 bits per heavy atom. The summed E-state index contributed by atoms with van der Waals surface area (Å²) in [6.07, 6.45) is 2.60. The van der Waals surface area contributed by atoms with Gasteiger partial charge in [0.15, 0.2) is 0 Å². The van der Waals surface area contributed by atoms with Gasteiger partial charge in [0.2, 0.25) is 0 Å². The highest BCUT2D eigenvalue weighted by Gasteiger charge is 2.45. The maximum atomic E-state index is 2.57. The molecule has 0 bridgehead atoms. The van der Waals surface area contributed by atoms with Crippen LogP contribution in [0.3, 0.4) is 0 Å². The minimum Gasteiger partial charge on any atom is -0.306 e. The molecule has 1 saturated heterocycles. The summed E-state index contributed by atoms with van der Waals surface area (Å²) >= 11 is 1.96. The Bertz CT molecular complexity index is 363. The molecule has 1 fully saturated rings. The normalized spacial score (nSPS) is 26.0. The molecule has 1 aromatic rings. The molecule has 15 heavy (non-hydrogen) atoms. The average molecular weight is 222 g/mol. The molecule has 0 radical (unpaired) electrons. The van der Waals surface area contributed by atoms with Gasteiger partial charge in [-0.05, 0) is 57.0 Å². The first-order chi connectivity index (χ1) is 7.22. The second-order valence-corrected chi connectivity index (χ2v) is 5.88. The lowest BCUT2D eigenvalue weighted by Crippen LogP contribution is -2.47. The molecule has 2 aliphatic heterocycles. The fraction of sp³-hybridized carbons (Fsp3) is 0.667. The van der Waals surface area contributed by atoms with Gasteiger partial charge in [-0.15, -0.1) is 11.3 Å².